The fourth-order valence-electron chi connectivity index (χ4n) is 1.89. The summed E-state index contributed by atoms with van der Waals surface area (Å²) in [6.45, 7) is 4.97. The molecule has 0 atom stereocenters. The molecule has 1 heterocycles. The Hall–Kier alpha value is -1.75. The SMILES string of the molecule is CCNCC(=O)NCCc1ccc2c(c1)OCCO2. The molecule has 5 heteroatoms. The molecule has 1 amide bonds. The number of likely N-dealkylation sites (N-methyl/N-ethyl adjacent to an activating group) is 1. The molecule has 0 fully saturated rings. The smallest absolute Gasteiger partial charge is 0.233 e. The molecular weight excluding hydrogens is 244 g/mol. The van der Waals surface area contributed by atoms with Gasteiger partial charge in [0.25, 0.3) is 0 Å². The minimum Gasteiger partial charge on any atom is -0.486 e. The zero-order valence-corrected chi connectivity index (χ0v) is 11.2. The maximum Gasteiger partial charge on any atom is 0.233 e. The summed E-state index contributed by atoms with van der Waals surface area (Å²) in [6.07, 6.45) is 0.786. The third-order valence-electron chi connectivity index (χ3n) is 2.88. The zero-order valence-electron chi connectivity index (χ0n) is 11.2. The Balaban J connectivity index is 1.78. The lowest BCUT2D eigenvalue weighted by Gasteiger charge is -2.18. The molecule has 0 radical (unpaired) electrons. The molecule has 0 aliphatic carbocycles. The summed E-state index contributed by atoms with van der Waals surface area (Å²) in [5.74, 6) is 1.62. The molecule has 1 aliphatic rings. The Morgan fingerprint density at radius 2 is 2.05 bits per heavy atom. The first-order valence-electron chi connectivity index (χ1n) is 6.65. The van der Waals surface area contributed by atoms with E-state index in [1.165, 1.54) is 0 Å². The van der Waals surface area contributed by atoms with E-state index < -0.39 is 0 Å². The van der Waals surface area contributed by atoms with Crippen molar-refractivity contribution >= 4 is 5.91 Å². The second-order valence-corrected chi connectivity index (χ2v) is 4.36. The first kappa shape index (κ1) is 13.7. The minimum absolute atomic E-state index is 0.0272. The van der Waals surface area contributed by atoms with Crippen molar-refractivity contribution in [3.05, 3.63) is 23.8 Å². The molecule has 0 bridgehead atoms. The molecule has 0 saturated heterocycles. The van der Waals surface area contributed by atoms with Crippen LogP contribution in [0.25, 0.3) is 0 Å². The second-order valence-electron chi connectivity index (χ2n) is 4.36. The van der Waals surface area contributed by atoms with Gasteiger partial charge in [0.2, 0.25) is 5.91 Å². The van der Waals surface area contributed by atoms with Crippen LogP contribution in [-0.2, 0) is 11.2 Å². The Bertz CT molecular complexity index is 435. The van der Waals surface area contributed by atoms with Crippen molar-refractivity contribution < 1.29 is 14.3 Å². The summed E-state index contributed by atoms with van der Waals surface area (Å²) >= 11 is 0. The number of hydrogen-bond donors (Lipinski definition) is 2. The van der Waals surface area contributed by atoms with Crippen molar-refractivity contribution in [1.29, 1.82) is 0 Å². The first-order valence-corrected chi connectivity index (χ1v) is 6.65. The Labute approximate surface area is 113 Å². The number of benzene rings is 1. The van der Waals surface area contributed by atoms with Gasteiger partial charge in [-0.15, -0.1) is 0 Å². The Morgan fingerprint density at radius 1 is 1.26 bits per heavy atom. The van der Waals surface area contributed by atoms with Gasteiger partial charge in [0.05, 0.1) is 6.54 Å². The van der Waals surface area contributed by atoms with Crippen LogP contribution in [0.3, 0.4) is 0 Å². The van der Waals surface area contributed by atoms with Crippen molar-refractivity contribution in [2.45, 2.75) is 13.3 Å². The van der Waals surface area contributed by atoms with E-state index >= 15 is 0 Å². The van der Waals surface area contributed by atoms with E-state index in [-0.39, 0.29) is 5.91 Å². The number of carbonyl (C=O) groups is 1. The summed E-state index contributed by atoms with van der Waals surface area (Å²) in [4.78, 5) is 11.4. The van der Waals surface area contributed by atoms with E-state index in [4.69, 9.17) is 9.47 Å². The average molecular weight is 264 g/mol. The van der Waals surface area contributed by atoms with Crippen LogP contribution in [-0.4, -0.2) is 38.8 Å². The molecule has 2 rings (SSSR count). The van der Waals surface area contributed by atoms with Crippen LogP contribution >= 0.6 is 0 Å². The third kappa shape index (κ3) is 4.13. The van der Waals surface area contributed by atoms with Crippen molar-refractivity contribution in [2.24, 2.45) is 0 Å². The normalized spacial score (nSPS) is 13.1. The summed E-state index contributed by atoms with van der Waals surface area (Å²) in [6, 6.07) is 5.90. The second kappa shape index (κ2) is 6.99. The molecule has 19 heavy (non-hydrogen) atoms. The lowest BCUT2D eigenvalue weighted by atomic mass is 10.1. The molecule has 0 unspecified atom stereocenters. The number of nitrogens with one attached hydrogen (secondary N) is 2. The predicted molar refractivity (Wildman–Crippen MR) is 72.7 cm³/mol. The average Bonchev–Trinajstić information content (AvgIpc) is 2.45. The van der Waals surface area contributed by atoms with Crippen LogP contribution < -0.4 is 20.1 Å². The summed E-state index contributed by atoms with van der Waals surface area (Å²) in [5.41, 5.74) is 1.13. The third-order valence-corrected chi connectivity index (χ3v) is 2.88. The molecule has 0 saturated carbocycles. The van der Waals surface area contributed by atoms with E-state index in [1.54, 1.807) is 0 Å². The van der Waals surface area contributed by atoms with E-state index in [0.29, 0.717) is 26.3 Å². The molecular formula is C14H20N2O3. The maximum atomic E-state index is 11.4. The van der Waals surface area contributed by atoms with Crippen molar-refractivity contribution in [3.63, 3.8) is 0 Å². The molecule has 2 N–H and O–H groups in total. The molecule has 1 aromatic rings. The Kier molecular flexibility index (Phi) is 5.03. The fourth-order valence-corrected chi connectivity index (χ4v) is 1.89. The van der Waals surface area contributed by atoms with Crippen LogP contribution in [0.2, 0.25) is 0 Å². The van der Waals surface area contributed by atoms with E-state index in [0.717, 1.165) is 30.0 Å². The van der Waals surface area contributed by atoms with Gasteiger partial charge in [-0.2, -0.15) is 0 Å². The van der Waals surface area contributed by atoms with Gasteiger partial charge in [-0.1, -0.05) is 13.0 Å². The lowest BCUT2D eigenvalue weighted by Crippen LogP contribution is -2.34. The maximum absolute atomic E-state index is 11.4. The number of amides is 1. The highest BCUT2D eigenvalue weighted by Gasteiger charge is 2.11. The summed E-state index contributed by atoms with van der Waals surface area (Å²) < 4.78 is 11.0. The van der Waals surface area contributed by atoms with Crippen molar-refractivity contribution in [1.82, 2.24) is 10.6 Å². The van der Waals surface area contributed by atoms with Crippen molar-refractivity contribution in [2.75, 3.05) is 32.8 Å². The van der Waals surface area contributed by atoms with Crippen LogP contribution in [0, 0.1) is 0 Å². The highest BCUT2D eigenvalue weighted by atomic mass is 16.6. The van der Waals surface area contributed by atoms with Gasteiger partial charge in [-0.3, -0.25) is 4.79 Å². The predicted octanol–water partition coefficient (Wildman–Crippen LogP) is 0.726. The van der Waals surface area contributed by atoms with Gasteiger partial charge in [0.15, 0.2) is 11.5 Å². The topological polar surface area (TPSA) is 59.6 Å². The van der Waals surface area contributed by atoms with Gasteiger partial charge in [0, 0.05) is 6.54 Å². The van der Waals surface area contributed by atoms with Crippen LogP contribution in [0.4, 0.5) is 0 Å². The van der Waals surface area contributed by atoms with Gasteiger partial charge in [-0.25, -0.2) is 0 Å². The molecule has 104 valence electrons. The van der Waals surface area contributed by atoms with Gasteiger partial charge in [-0.05, 0) is 30.7 Å². The molecule has 5 nitrogen and oxygen atoms in total. The first-order chi connectivity index (χ1) is 9.29. The van der Waals surface area contributed by atoms with E-state index in [9.17, 15) is 4.79 Å². The Morgan fingerprint density at radius 3 is 2.84 bits per heavy atom. The van der Waals surface area contributed by atoms with E-state index in [1.807, 2.05) is 25.1 Å². The highest BCUT2D eigenvalue weighted by molar-refractivity contribution is 5.77. The summed E-state index contributed by atoms with van der Waals surface area (Å²) in [5, 5.41) is 5.86. The monoisotopic (exact) mass is 264 g/mol. The standard InChI is InChI=1S/C14H20N2O3/c1-2-15-10-14(17)16-6-5-11-3-4-12-13(9-11)19-8-7-18-12/h3-4,9,15H,2,5-8,10H2,1H3,(H,16,17). The number of hydrogen-bond acceptors (Lipinski definition) is 4. The number of ether oxygens (including phenoxy) is 2. The molecule has 1 aromatic carbocycles. The van der Waals surface area contributed by atoms with Crippen LogP contribution in [0.15, 0.2) is 18.2 Å². The molecule has 1 aliphatic heterocycles. The summed E-state index contributed by atoms with van der Waals surface area (Å²) in [7, 11) is 0. The lowest BCUT2D eigenvalue weighted by molar-refractivity contribution is -0.120. The van der Waals surface area contributed by atoms with Crippen LogP contribution in [0.5, 0.6) is 11.5 Å². The molecule has 0 spiro atoms. The number of rotatable bonds is 6. The number of carbonyl (C=O) groups excluding carboxylic acids is 1. The van der Waals surface area contributed by atoms with Crippen molar-refractivity contribution in [3.8, 4) is 11.5 Å². The zero-order chi connectivity index (χ0) is 13.5. The number of fused-ring (bicyclic) bond motifs is 1. The van der Waals surface area contributed by atoms with Gasteiger partial charge in [0.1, 0.15) is 13.2 Å². The fraction of sp³-hybridized carbons (Fsp3) is 0.500. The van der Waals surface area contributed by atoms with Gasteiger partial charge < -0.3 is 20.1 Å². The van der Waals surface area contributed by atoms with E-state index in [2.05, 4.69) is 10.6 Å². The van der Waals surface area contributed by atoms with Crippen LogP contribution in [0.1, 0.15) is 12.5 Å². The largest absolute Gasteiger partial charge is 0.486 e. The molecule has 0 aromatic heterocycles. The van der Waals surface area contributed by atoms with Gasteiger partial charge >= 0.3 is 0 Å². The quantitative estimate of drug-likeness (QED) is 0.795. The highest BCUT2D eigenvalue weighted by Crippen LogP contribution is 2.30. The minimum atomic E-state index is 0.0272.